The van der Waals surface area contributed by atoms with Gasteiger partial charge in [-0.25, -0.2) is 0 Å². The number of carbonyl (C=O) groups is 2. The summed E-state index contributed by atoms with van der Waals surface area (Å²) in [5, 5.41) is 2.46. The predicted molar refractivity (Wildman–Crippen MR) is 70.8 cm³/mol. The zero-order chi connectivity index (χ0) is 13.2. The SMILES string of the molecule is CCCCCC12CC(=O)NC(=O)C1=CCC(C)C2. The van der Waals surface area contributed by atoms with E-state index in [-0.39, 0.29) is 17.2 Å². The molecule has 2 atom stereocenters. The van der Waals surface area contributed by atoms with E-state index in [0.717, 1.165) is 31.3 Å². The molecule has 1 N–H and O–H groups in total. The van der Waals surface area contributed by atoms with E-state index >= 15 is 0 Å². The molecule has 0 bridgehead atoms. The van der Waals surface area contributed by atoms with Gasteiger partial charge in [-0.05, 0) is 25.2 Å². The lowest BCUT2D eigenvalue weighted by Gasteiger charge is -2.43. The van der Waals surface area contributed by atoms with Crippen LogP contribution < -0.4 is 5.32 Å². The average molecular weight is 249 g/mol. The molecule has 0 spiro atoms. The van der Waals surface area contributed by atoms with Crippen LogP contribution in [-0.2, 0) is 9.59 Å². The summed E-state index contributed by atoms with van der Waals surface area (Å²) in [6.07, 6.45) is 8.97. The third kappa shape index (κ3) is 2.50. The predicted octanol–water partition coefficient (Wildman–Crippen LogP) is 2.96. The summed E-state index contributed by atoms with van der Waals surface area (Å²) in [7, 11) is 0. The summed E-state index contributed by atoms with van der Waals surface area (Å²) < 4.78 is 0. The molecule has 18 heavy (non-hydrogen) atoms. The number of nitrogens with one attached hydrogen (secondary N) is 1. The first-order valence-electron chi connectivity index (χ1n) is 7.12. The van der Waals surface area contributed by atoms with Crippen molar-refractivity contribution >= 4 is 11.8 Å². The highest BCUT2D eigenvalue weighted by molar-refractivity contribution is 6.08. The Morgan fingerprint density at radius 3 is 2.89 bits per heavy atom. The summed E-state index contributed by atoms with van der Waals surface area (Å²) in [6.45, 7) is 4.39. The molecule has 2 amide bonds. The van der Waals surface area contributed by atoms with Crippen molar-refractivity contribution in [3.05, 3.63) is 11.6 Å². The summed E-state index contributed by atoms with van der Waals surface area (Å²) in [6, 6.07) is 0. The molecule has 0 aromatic carbocycles. The van der Waals surface area contributed by atoms with Gasteiger partial charge in [-0.15, -0.1) is 0 Å². The third-order valence-electron chi connectivity index (χ3n) is 4.29. The van der Waals surface area contributed by atoms with Crippen molar-refractivity contribution < 1.29 is 9.59 Å². The van der Waals surface area contributed by atoms with Gasteiger partial charge in [0.1, 0.15) is 0 Å². The number of imide groups is 1. The van der Waals surface area contributed by atoms with Gasteiger partial charge in [0.25, 0.3) is 5.91 Å². The van der Waals surface area contributed by atoms with Crippen LogP contribution in [0.25, 0.3) is 0 Å². The Hall–Kier alpha value is -1.12. The van der Waals surface area contributed by atoms with Gasteiger partial charge in [0.2, 0.25) is 5.91 Å². The fourth-order valence-electron chi connectivity index (χ4n) is 3.48. The van der Waals surface area contributed by atoms with Crippen LogP contribution in [0.2, 0.25) is 0 Å². The fraction of sp³-hybridized carbons (Fsp3) is 0.733. The highest BCUT2D eigenvalue weighted by Gasteiger charge is 2.45. The highest BCUT2D eigenvalue weighted by atomic mass is 16.2. The van der Waals surface area contributed by atoms with Crippen molar-refractivity contribution in [2.24, 2.45) is 11.3 Å². The van der Waals surface area contributed by atoms with Crippen molar-refractivity contribution in [3.8, 4) is 0 Å². The molecule has 0 saturated carbocycles. The molecule has 1 fully saturated rings. The lowest BCUT2D eigenvalue weighted by Crippen LogP contribution is -2.48. The summed E-state index contributed by atoms with van der Waals surface area (Å²) in [5.74, 6) is 0.339. The van der Waals surface area contributed by atoms with Gasteiger partial charge in [-0.2, -0.15) is 0 Å². The zero-order valence-electron chi connectivity index (χ0n) is 11.4. The minimum atomic E-state index is -0.160. The minimum absolute atomic E-state index is 0.0947. The molecule has 3 nitrogen and oxygen atoms in total. The molecule has 3 heteroatoms. The summed E-state index contributed by atoms with van der Waals surface area (Å²) >= 11 is 0. The van der Waals surface area contributed by atoms with Gasteiger partial charge in [0, 0.05) is 17.4 Å². The molecule has 1 heterocycles. The molecule has 2 rings (SSSR count). The highest BCUT2D eigenvalue weighted by Crippen LogP contribution is 2.48. The van der Waals surface area contributed by atoms with Crippen molar-refractivity contribution in [2.45, 2.75) is 58.8 Å². The van der Waals surface area contributed by atoms with E-state index in [2.05, 4.69) is 25.2 Å². The van der Waals surface area contributed by atoms with Gasteiger partial charge in [-0.3, -0.25) is 14.9 Å². The zero-order valence-corrected chi connectivity index (χ0v) is 11.4. The summed E-state index contributed by atoms with van der Waals surface area (Å²) in [4.78, 5) is 23.7. The third-order valence-corrected chi connectivity index (χ3v) is 4.29. The fourth-order valence-corrected chi connectivity index (χ4v) is 3.48. The quantitative estimate of drug-likeness (QED) is 0.615. The number of piperidine rings is 1. The second-order valence-corrected chi connectivity index (χ2v) is 5.95. The number of allylic oxidation sites excluding steroid dienone is 1. The maximum absolute atomic E-state index is 12.0. The minimum Gasteiger partial charge on any atom is -0.293 e. The van der Waals surface area contributed by atoms with Crippen LogP contribution in [0, 0.1) is 11.3 Å². The van der Waals surface area contributed by atoms with Gasteiger partial charge in [0.05, 0.1) is 0 Å². The Bertz CT molecular complexity index is 386. The Labute approximate surface area is 109 Å². The van der Waals surface area contributed by atoms with E-state index < -0.39 is 0 Å². The molecular weight excluding hydrogens is 226 g/mol. The lowest BCUT2D eigenvalue weighted by molar-refractivity contribution is -0.134. The molecule has 1 aliphatic carbocycles. The van der Waals surface area contributed by atoms with Crippen LogP contribution in [0.4, 0.5) is 0 Å². The smallest absolute Gasteiger partial charge is 0.254 e. The number of hydrogen-bond acceptors (Lipinski definition) is 2. The van der Waals surface area contributed by atoms with Crippen LogP contribution in [-0.4, -0.2) is 11.8 Å². The van der Waals surface area contributed by atoms with Crippen molar-refractivity contribution in [2.75, 3.05) is 0 Å². The maximum Gasteiger partial charge on any atom is 0.254 e. The second-order valence-electron chi connectivity index (χ2n) is 5.95. The van der Waals surface area contributed by atoms with Gasteiger partial charge in [-0.1, -0.05) is 39.2 Å². The van der Waals surface area contributed by atoms with Crippen LogP contribution in [0.5, 0.6) is 0 Å². The molecular formula is C15H23NO2. The van der Waals surface area contributed by atoms with E-state index in [1.807, 2.05) is 0 Å². The first-order chi connectivity index (χ1) is 8.57. The number of fused-ring (bicyclic) bond motifs is 1. The number of rotatable bonds is 4. The number of carbonyl (C=O) groups excluding carboxylic acids is 2. The first-order valence-corrected chi connectivity index (χ1v) is 7.12. The Morgan fingerprint density at radius 1 is 1.39 bits per heavy atom. The molecule has 0 aromatic heterocycles. The van der Waals surface area contributed by atoms with E-state index in [4.69, 9.17) is 0 Å². The van der Waals surface area contributed by atoms with Crippen LogP contribution >= 0.6 is 0 Å². The molecule has 0 radical (unpaired) electrons. The lowest BCUT2D eigenvalue weighted by atomic mass is 9.63. The van der Waals surface area contributed by atoms with Gasteiger partial charge in [0.15, 0.2) is 0 Å². The van der Waals surface area contributed by atoms with Crippen molar-refractivity contribution in [3.63, 3.8) is 0 Å². The maximum atomic E-state index is 12.0. The molecule has 2 aliphatic rings. The molecule has 0 aromatic rings. The van der Waals surface area contributed by atoms with E-state index in [1.54, 1.807) is 0 Å². The first kappa shape index (κ1) is 13.3. The Morgan fingerprint density at radius 2 is 2.17 bits per heavy atom. The number of hydrogen-bond donors (Lipinski definition) is 1. The second kappa shape index (κ2) is 5.25. The van der Waals surface area contributed by atoms with Crippen molar-refractivity contribution in [1.29, 1.82) is 0 Å². The Kier molecular flexibility index (Phi) is 3.88. The van der Waals surface area contributed by atoms with Crippen LogP contribution in [0.1, 0.15) is 58.8 Å². The number of amides is 2. The molecule has 2 unspecified atom stereocenters. The van der Waals surface area contributed by atoms with Crippen LogP contribution in [0.3, 0.4) is 0 Å². The molecule has 1 saturated heterocycles. The van der Waals surface area contributed by atoms with Gasteiger partial charge < -0.3 is 0 Å². The van der Waals surface area contributed by atoms with E-state index in [9.17, 15) is 9.59 Å². The van der Waals surface area contributed by atoms with Gasteiger partial charge >= 0.3 is 0 Å². The molecule has 1 aliphatic heterocycles. The normalized spacial score (nSPS) is 31.7. The van der Waals surface area contributed by atoms with E-state index in [1.165, 1.54) is 12.8 Å². The van der Waals surface area contributed by atoms with Crippen LogP contribution in [0.15, 0.2) is 11.6 Å². The summed E-state index contributed by atoms with van der Waals surface area (Å²) in [5.41, 5.74) is 0.725. The largest absolute Gasteiger partial charge is 0.293 e. The number of unbranched alkanes of at least 4 members (excludes halogenated alkanes) is 2. The monoisotopic (exact) mass is 249 g/mol. The average Bonchev–Trinajstić information content (AvgIpc) is 2.27. The van der Waals surface area contributed by atoms with Crippen molar-refractivity contribution in [1.82, 2.24) is 5.32 Å². The Balaban J connectivity index is 2.23. The van der Waals surface area contributed by atoms with E-state index in [0.29, 0.717) is 12.3 Å². The standard InChI is InChI=1S/C15H23NO2/c1-3-4-5-8-15-9-11(2)6-7-12(15)14(18)16-13(17)10-15/h7,11H,3-6,8-10H2,1-2H3,(H,16,17,18). The topological polar surface area (TPSA) is 46.2 Å². The molecule has 100 valence electrons.